The van der Waals surface area contributed by atoms with Crippen LogP contribution in [0, 0.1) is 0 Å². The first-order valence-corrected chi connectivity index (χ1v) is 14.3. The zero-order valence-electron chi connectivity index (χ0n) is 21.7. The minimum atomic E-state index is -1.00. The van der Waals surface area contributed by atoms with Crippen LogP contribution in [0.15, 0.2) is 24.3 Å². The topological polar surface area (TPSA) is 105 Å². The maximum absolute atomic E-state index is 13.9. The molecule has 2 saturated carbocycles. The Bertz CT molecular complexity index is 1020. The lowest BCUT2D eigenvalue weighted by Gasteiger charge is -2.42. The molecule has 3 N–H and O–H groups in total. The van der Waals surface area contributed by atoms with Gasteiger partial charge in [-0.25, -0.2) is 0 Å². The average molecular weight is 509 g/mol. The van der Waals surface area contributed by atoms with Crippen LogP contribution in [0.3, 0.4) is 0 Å². The van der Waals surface area contributed by atoms with Crippen molar-refractivity contribution in [2.75, 3.05) is 26.2 Å². The van der Waals surface area contributed by atoms with Gasteiger partial charge in [-0.3, -0.25) is 14.4 Å². The van der Waals surface area contributed by atoms with Gasteiger partial charge in [0.15, 0.2) is 5.78 Å². The van der Waals surface area contributed by atoms with Crippen LogP contribution in [0.2, 0.25) is 0 Å². The van der Waals surface area contributed by atoms with Crippen molar-refractivity contribution in [1.82, 2.24) is 15.1 Å². The van der Waals surface area contributed by atoms with Crippen LogP contribution < -0.4 is 11.1 Å². The highest BCUT2D eigenvalue weighted by atomic mass is 16.5. The van der Waals surface area contributed by atoms with Crippen LogP contribution >= 0.6 is 0 Å². The Morgan fingerprint density at radius 1 is 0.973 bits per heavy atom. The van der Waals surface area contributed by atoms with Gasteiger partial charge in [0.05, 0.1) is 6.04 Å². The summed E-state index contributed by atoms with van der Waals surface area (Å²) in [4.78, 5) is 44.1. The van der Waals surface area contributed by atoms with Gasteiger partial charge >= 0.3 is 0 Å². The van der Waals surface area contributed by atoms with Crippen LogP contribution in [0.1, 0.15) is 86.0 Å². The summed E-state index contributed by atoms with van der Waals surface area (Å²) >= 11 is 0. The zero-order chi connectivity index (χ0) is 25.6. The number of nitrogens with one attached hydrogen (secondary N) is 1. The minimum absolute atomic E-state index is 0.00186. The SMILES string of the molecule is N[C@H]1CN(C(=O)C2(NC(=O)c3ccc(C4CCN(C5CCC5)CC4)cc3)CCCCC2)[C@@H]2C(=O)CO[C@@H]21. The molecule has 1 aromatic rings. The number of rotatable bonds is 5. The highest BCUT2D eigenvalue weighted by Crippen LogP contribution is 2.36. The monoisotopic (exact) mass is 508 g/mol. The predicted octanol–water partition coefficient (Wildman–Crippen LogP) is 2.36. The normalized spacial score (nSPS) is 30.7. The Morgan fingerprint density at radius 3 is 2.32 bits per heavy atom. The molecule has 8 heteroatoms. The maximum Gasteiger partial charge on any atom is 0.252 e. The van der Waals surface area contributed by atoms with Gasteiger partial charge < -0.3 is 25.6 Å². The molecule has 0 bridgehead atoms. The molecule has 200 valence electrons. The minimum Gasteiger partial charge on any atom is -0.366 e. The summed E-state index contributed by atoms with van der Waals surface area (Å²) in [6, 6.07) is 7.78. The maximum atomic E-state index is 13.9. The van der Waals surface area contributed by atoms with Crippen LogP contribution in [0.25, 0.3) is 0 Å². The number of fused-ring (bicyclic) bond motifs is 1. The van der Waals surface area contributed by atoms with Crippen molar-refractivity contribution in [2.24, 2.45) is 5.73 Å². The number of Topliss-reactive ketones (excluding diaryl/α,β-unsaturated/α-hetero) is 1. The van der Waals surface area contributed by atoms with Gasteiger partial charge in [-0.05, 0) is 75.2 Å². The molecule has 5 aliphatic rings. The van der Waals surface area contributed by atoms with Crippen molar-refractivity contribution in [1.29, 1.82) is 0 Å². The smallest absolute Gasteiger partial charge is 0.252 e. The van der Waals surface area contributed by atoms with E-state index in [1.165, 1.54) is 37.7 Å². The number of carbonyl (C=O) groups excluding carboxylic acids is 3. The Hall–Kier alpha value is -2.29. The summed E-state index contributed by atoms with van der Waals surface area (Å²) in [7, 11) is 0. The molecule has 8 nitrogen and oxygen atoms in total. The number of carbonyl (C=O) groups is 3. The lowest BCUT2D eigenvalue weighted by molar-refractivity contribution is -0.143. The highest BCUT2D eigenvalue weighted by molar-refractivity contribution is 6.01. The molecule has 5 fully saturated rings. The molecule has 3 aliphatic heterocycles. The highest BCUT2D eigenvalue weighted by Gasteiger charge is 2.55. The van der Waals surface area contributed by atoms with Gasteiger partial charge in [0.2, 0.25) is 5.91 Å². The lowest BCUT2D eigenvalue weighted by Crippen LogP contribution is -2.62. The molecule has 6 rings (SSSR count). The number of hydrogen-bond acceptors (Lipinski definition) is 6. The van der Waals surface area contributed by atoms with Crippen LogP contribution in [-0.4, -0.2) is 83.4 Å². The number of ketones is 1. The number of nitrogens with two attached hydrogens (primary N) is 1. The fourth-order valence-corrected chi connectivity index (χ4v) is 7.27. The second-order valence-corrected chi connectivity index (χ2v) is 11.9. The third-order valence-electron chi connectivity index (χ3n) is 9.72. The first-order valence-electron chi connectivity index (χ1n) is 14.3. The predicted molar refractivity (Wildman–Crippen MR) is 139 cm³/mol. The standard InChI is InChI=1S/C29H40N4O4/c30-23-17-33(25-24(34)18-37-26(23)25)28(36)29(13-2-1-3-14-29)31-27(35)21-9-7-19(8-10-21)20-11-15-32(16-12-20)22-5-4-6-22/h7-10,20,22-23,25-26H,1-6,11-18,30H2,(H,31,35)/t23-,25+,26+/m0/s1. The van der Waals surface area contributed by atoms with Gasteiger partial charge in [0.25, 0.3) is 5.91 Å². The van der Waals surface area contributed by atoms with Crippen molar-refractivity contribution < 1.29 is 19.1 Å². The molecule has 2 aliphatic carbocycles. The van der Waals surface area contributed by atoms with Crippen molar-refractivity contribution in [3.05, 3.63) is 35.4 Å². The molecule has 1 aromatic carbocycles. The lowest BCUT2D eigenvalue weighted by atomic mass is 9.80. The van der Waals surface area contributed by atoms with Crippen molar-refractivity contribution in [3.8, 4) is 0 Å². The molecular weight excluding hydrogens is 468 g/mol. The van der Waals surface area contributed by atoms with E-state index in [9.17, 15) is 14.4 Å². The molecule has 0 radical (unpaired) electrons. The molecule has 37 heavy (non-hydrogen) atoms. The van der Waals surface area contributed by atoms with Crippen molar-refractivity contribution >= 4 is 17.6 Å². The number of amides is 2. The first-order chi connectivity index (χ1) is 17.9. The van der Waals surface area contributed by atoms with Gasteiger partial charge in [0.1, 0.15) is 24.3 Å². The van der Waals surface area contributed by atoms with Gasteiger partial charge in [-0.15, -0.1) is 0 Å². The second kappa shape index (κ2) is 10.1. The third-order valence-corrected chi connectivity index (χ3v) is 9.72. The summed E-state index contributed by atoms with van der Waals surface area (Å²) < 4.78 is 5.58. The number of likely N-dealkylation sites (tertiary alicyclic amines) is 2. The molecule has 3 saturated heterocycles. The molecule has 0 unspecified atom stereocenters. The van der Waals surface area contributed by atoms with Crippen LogP contribution in [0.4, 0.5) is 0 Å². The van der Waals surface area contributed by atoms with Gasteiger partial charge in [0, 0.05) is 18.2 Å². The molecule has 0 spiro atoms. The fourth-order valence-electron chi connectivity index (χ4n) is 7.27. The summed E-state index contributed by atoms with van der Waals surface area (Å²) in [6.07, 6.45) is 9.90. The summed E-state index contributed by atoms with van der Waals surface area (Å²) in [5.74, 6) is 0.0312. The Labute approximate surface area is 219 Å². The Kier molecular flexibility index (Phi) is 6.84. The van der Waals surface area contributed by atoms with Gasteiger partial charge in [-0.2, -0.15) is 0 Å². The van der Waals surface area contributed by atoms with E-state index in [0.717, 1.165) is 38.4 Å². The zero-order valence-corrected chi connectivity index (χ0v) is 21.7. The van der Waals surface area contributed by atoms with Crippen molar-refractivity contribution in [3.63, 3.8) is 0 Å². The number of hydrogen-bond donors (Lipinski definition) is 2. The number of benzene rings is 1. The van der Waals surface area contributed by atoms with E-state index in [1.54, 1.807) is 4.90 Å². The third kappa shape index (κ3) is 4.61. The second-order valence-electron chi connectivity index (χ2n) is 11.9. The average Bonchev–Trinajstić information content (AvgIpc) is 3.44. The number of ether oxygens (including phenoxy) is 1. The van der Waals surface area contributed by atoms with E-state index in [-0.39, 0.29) is 36.8 Å². The number of piperidine rings is 1. The van der Waals surface area contributed by atoms with Crippen LogP contribution in [0.5, 0.6) is 0 Å². The molecule has 3 atom stereocenters. The molecular formula is C29H40N4O4. The molecule has 2 amide bonds. The number of nitrogens with zero attached hydrogens (tertiary/aromatic N) is 2. The Morgan fingerprint density at radius 2 is 1.68 bits per heavy atom. The van der Waals surface area contributed by atoms with E-state index < -0.39 is 17.7 Å². The summed E-state index contributed by atoms with van der Waals surface area (Å²) in [5, 5.41) is 3.14. The Balaban J connectivity index is 1.13. The fraction of sp³-hybridized carbons (Fsp3) is 0.690. The van der Waals surface area contributed by atoms with Gasteiger partial charge in [-0.1, -0.05) is 37.8 Å². The van der Waals surface area contributed by atoms with Crippen molar-refractivity contribution in [2.45, 2.75) is 99.9 Å². The van der Waals surface area contributed by atoms with Crippen LogP contribution in [-0.2, 0) is 14.3 Å². The van der Waals surface area contributed by atoms with E-state index >= 15 is 0 Å². The summed E-state index contributed by atoms with van der Waals surface area (Å²) in [6.45, 7) is 2.61. The largest absolute Gasteiger partial charge is 0.366 e. The first kappa shape index (κ1) is 25.0. The quantitative estimate of drug-likeness (QED) is 0.633. The summed E-state index contributed by atoms with van der Waals surface area (Å²) in [5.41, 5.74) is 7.09. The molecule has 0 aromatic heterocycles. The van der Waals surface area contributed by atoms with E-state index in [4.69, 9.17) is 10.5 Å². The van der Waals surface area contributed by atoms with E-state index in [1.807, 2.05) is 12.1 Å². The molecule has 3 heterocycles. The van der Waals surface area contributed by atoms with E-state index in [2.05, 4.69) is 22.3 Å². The van der Waals surface area contributed by atoms with E-state index in [0.29, 0.717) is 24.3 Å².